The van der Waals surface area contributed by atoms with E-state index >= 15 is 0 Å². The zero-order valence-corrected chi connectivity index (χ0v) is 18.9. The van der Waals surface area contributed by atoms with Crippen LogP contribution in [0, 0.1) is 0 Å². The molecule has 1 aliphatic rings. The van der Waals surface area contributed by atoms with Crippen LogP contribution in [0.2, 0.25) is 0 Å². The fourth-order valence-electron chi connectivity index (χ4n) is 3.39. The second kappa shape index (κ2) is 10.9. The lowest BCUT2D eigenvalue weighted by atomic mass is 10.0. The van der Waals surface area contributed by atoms with Crippen LogP contribution < -0.4 is 16.1 Å². The maximum absolute atomic E-state index is 12.7. The second-order valence-electron chi connectivity index (χ2n) is 8.79. The molecular formula is C22H32N4O6. The van der Waals surface area contributed by atoms with Crippen LogP contribution in [0.15, 0.2) is 30.3 Å². The quantitative estimate of drug-likeness (QED) is 0.364. The summed E-state index contributed by atoms with van der Waals surface area (Å²) < 4.78 is 5.36. The van der Waals surface area contributed by atoms with E-state index < -0.39 is 47.5 Å². The summed E-state index contributed by atoms with van der Waals surface area (Å²) in [5.41, 5.74) is 1.66. The van der Waals surface area contributed by atoms with Crippen molar-refractivity contribution in [3.05, 3.63) is 35.9 Å². The van der Waals surface area contributed by atoms with Gasteiger partial charge in [0.15, 0.2) is 0 Å². The Morgan fingerprint density at radius 3 is 2.38 bits per heavy atom. The van der Waals surface area contributed by atoms with Crippen LogP contribution in [0.1, 0.15) is 46.1 Å². The van der Waals surface area contributed by atoms with E-state index in [9.17, 15) is 19.2 Å². The van der Waals surface area contributed by atoms with Gasteiger partial charge in [0.1, 0.15) is 23.7 Å². The molecule has 0 unspecified atom stereocenters. The van der Waals surface area contributed by atoms with Crippen molar-refractivity contribution >= 4 is 23.8 Å². The number of ether oxygens (including phenoxy) is 1. The molecule has 10 heteroatoms. The first-order valence-corrected chi connectivity index (χ1v) is 10.6. The van der Waals surface area contributed by atoms with Crippen molar-refractivity contribution in [3.8, 4) is 0 Å². The van der Waals surface area contributed by atoms with Crippen molar-refractivity contribution < 1.29 is 29.1 Å². The van der Waals surface area contributed by atoms with Gasteiger partial charge in [0.25, 0.3) is 5.91 Å². The lowest BCUT2D eigenvalue weighted by Gasteiger charge is -2.28. The number of rotatable bonds is 7. The lowest BCUT2D eigenvalue weighted by molar-refractivity contribution is -0.136. The molecule has 4 N–H and O–H groups in total. The van der Waals surface area contributed by atoms with Gasteiger partial charge in [-0.3, -0.25) is 24.5 Å². The summed E-state index contributed by atoms with van der Waals surface area (Å²) in [5, 5.41) is 14.2. The van der Waals surface area contributed by atoms with Gasteiger partial charge >= 0.3 is 6.09 Å². The van der Waals surface area contributed by atoms with Gasteiger partial charge in [-0.05, 0) is 46.1 Å². The van der Waals surface area contributed by atoms with E-state index in [0.717, 1.165) is 5.56 Å². The number of likely N-dealkylation sites (tertiary alicyclic amines) is 1. The number of carbonyl (C=O) groups is 4. The highest BCUT2D eigenvalue weighted by molar-refractivity contribution is 5.93. The molecule has 4 amide bonds. The number of amides is 4. The van der Waals surface area contributed by atoms with E-state index in [1.54, 1.807) is 50.5 Å². The van der Waals surface area contributed by atoms with Gasteiger partial charge in [-0.1, -0.05) is 30.3 Å². The highest BCUT2D eigenvalue weighted by atomic mass is 16.6. The van der Waals surface area contributed by atoms with Gasteiger partial charge < -0.3 is 15.4 Å². The van der Waals surface area contributed by atoms with Crippen molar-refractivity contribution in [2.75, 3.05) is 6.54 Å². The molecule has 1 aliphatic heterocycles. The Bertz CT molecular complexity index is 823. The number of carbonyl (C=O) groups excluding carboxylic acids is 4. The first-order chi connectivity index (χ1) is 15.0. The largest absolute Gasteiger partial charge is 0.444 e. The molecule has 1 fully saturated rings. The SMILES string of the molecule is C[C@H](NC(=O)[C@@H]1CCCN1C(=O)OC(C)(C)C)C(=O)N[C@@H](Cc1ccccc1)C(=O)NO. The van der Waals surface area contributed by atoms with Crippen LogP contribution in [-0.4, -0.2) is 64.2 Å². The predicted molar refractivity (Wildman–Crippen MR) is 116 cm³/mol. The average Bonchev–Trinajstić information content (AvgIpc) is 3.22. The Morgan fingerprint density at radius 2 is 1.78 bits per heavy atom. The summed E-state index contributed by atoms with van der Waals surface area (Å²) in [6.07, 6.45) is 0.695. The van der Waals surface area contributed by atoms with Gasteiger partial charge in [-0.15, -0.1) is 0 Å². The molecule has 32 heavy (non-hydrogen) atoms. The van der Waals surface area contributed by atoms with E-state index in [4.69, 9.17) is 9.94 Å². The lowest BCUT2D eigenvalue weighted by Crippen LogP contribution is -2.56. The third-order valence-electron chi connectivity index (χ3n) is 4.96. The van der Waals surface area contributed by atoms with Gasteiger partial charge in [0.05, 0.1) is 0 Å². The third kappa shape index (κ3) is 7.23. The van der Waals surface area contributed by atoms with Crippen molar-refractivity contribution in [1.82, 2.24) is 21.0 Å². The van der Waals surface area contributed by atoms with Gasteiger partial charge in [0.2, 0.25) is 11.8 Å². The first-order valence-electron chi connectivity index (χ1n) is 10.6. The number of hydrogen-bond acceptors (Lipinski definition) is 6. The average molecular weight is 449 g/mol. The summed E-state index contributed by atoms with van der Waals surface area (Å²) in [6.45, 7) is 7.12. The molecule has 0 saturated carbocycles. The number of hydrogen-bond donors (Lipinski definition) is 4. The molecule has 10 nitrogen and oxygen atoms in total. The Kier molecular flexibility index (Phi) is 8.59. The molecule has 0 aliphatic carbocycles. The van der Waals surface area contributed by atoms with Crippen LogP contribution in [0.3, 0.4) is 0 Å². The molecule has 1 heterocycles. The van der Waals surface area contributed by atoms with Gasteiger partial charge in [-0.2, -0.15) is 0 Å². The molecule has 2 rings (SSSR count). The Balaban J connectivity index is 1.98. The Labute approximate surface area is 187 Å². The van der Waals surface area contributed by atoms with E-state index in [1.807, 2.05) is 6.07 Å². The molecule has 3 atom stereocenters. The zero-order chi connectivity index (χ0) is 23.9. The van der Waals surface area contributed by atoms with Gasteiger partial charge in [-0.25, -0.2) is 10.3 Å². The summed E-state index contributed by atoms with van der Waals surface area (Å²) in [7, 11) is 0. The highest BCUT2D eigenvalue weighted by Crippen LogP contribution is 2.21. The second-order valence-corrected chi connectivity index (χ2v) is 8.79. The predicted octanol–water partition coefficient (Wildman–Crippen LogP) is 1.12. The molecule has 1 aromatic rings. The number of nitrogens with one attached hydrogen (secondary N) is 3. The third-order valence-corrected chi connectivity index (χ3v) is 4.96. The molecule has 0 radical (unpaired) electrons. The van der Waals surface area contributed by atoms with Crippen LogP contribution in [0.5, 0.6) is 0 Å². The number of hydroxylamine groups is 1. The first kappa shape index (κ1) is 25.1. The van der Waals surface area contributed by atoms with Crippen LogP contribution >= 0.6 is 0 Å². The van der Waals surface area contributed by atoms with Crippen molar-refractivity contribution in [2.24, 2.45) is 0 Å². The summed E-state index contributed by atoms with van der Waals surface area (Å²) in [6, 6.07) is 6.27. The fourth-order valence-corrected chi connectivity index (χ4v) is 3.39. The Morgan fingerprint density at radius 1 is 1.12 bits per heavy atom. The zero-order valence-electron chi connectivity index (χ0n) is 18.9. The summed E-state index contributed by atoms with van der Waals surface area (Å²) in [5.74, 6) is -1.83. The van der Waals surface area contributed by atoms with Crippen LogP contribution in [0.25, 0.3) is 0 Å². The number of benzene rings is 1. The van der Waals surface area contributed by atoms with Crippen molar-refractivity contribution in [2.45, 2.75) is 70.7 Å². The van der Waals surface area contributed by atoms with E-state index in [1.165, 1.54) is 11.8 Å². The molecular weight excluding hydrogens is 416 g/mol. The van der Waals surface area contributed by atoms with Crippen molar-refractivity contribution in [3.63, 3.8) is 0 Å². The minimum Gasteiger partial charge on any atom is -0.444 e. The maximum atomic E-state index is 12.7. The standard InChI is InChI=1S/C22H32N4O6/c1-14(18(27)24-16(19(28)25-31)13-15-9-6-5-7-10-15)23-20(29)17-11-8-12-26(17)21(30)32-22(2,3)4/h5-7,9-10,14,16-17,31H,8,11-13H2,1-4H3,(H,23,29)(H,24,27)(H,25,28)/t14-,16-,17-/m0/s1. The summed E-state index contributed by atoms with van der Waals surface area (Å²) >= 11 is 0. The molecule has 0 bridgehead atoms. The van der Waals surface area contributed by atoms with Crippen molar-refractivity contribution in [1.29, 1.82) is 0 Å². The minimum absolute atomic E-state index is 0.161. The smallest absolute Gasteiger partial charge is 0.410 e. The number of nitrogens with zero attached hydrogens (tertiary/aromatic N) is 1. The highest BCUT2D eigenvalue weighted by Gasteiger charge is 2.37. The van der Waals surface area contributed by atoms with E-state index in [0.29, 0.717) is 19.4 Å². The van der Waals surface area contributed by atoms with E-state index in [-0.39, 0.29) is 6.42 Å². The van der Waals surface area contributed by atoms with Crippen LogP contribution in [0.4, 0.5) is 4.79 Å². The molecule has 1 saturated heterocycles. The molecule has 0 aromatic heterocycles. The van der Waals surface area contributed by atoms with E-state index in [2.05, 4.69) is 10.6 Å². The van der Waals surface area contributed by atoms with Crippen LogP contribution in [-0.2, 0) is 25.5 Å². The fraction of sp³-hybridized carbons (Fsp3) is 0.545. The maximum Gasteiger partial charge on any atom is 0.410 e. The minimum atomic E-state index is -1.03. The topological polar surface area (TPSA) is 137 Å². The van der Waals surface area contributed by atoms with Gasteiger partial charge in [0, 0.05) is 13.0 Å². The molecule has 0 spiro atoms. The molecule has 176 valence electrons. The summed E-state index contributed by atoms with van der Waals surface area (Å²) in [4.78, 5) is 51.2. The Hall–Kier alpha value is -3.14. The monoisotopic (exact) mass is 448 g/mol. The molecule has 1 aromatic carbocycles. The normalized spacial score (nSPS) is 17.8.